The Morgan fingerprint density at radius 2 is 1.81 bits per heavy atom. The van der Waals surface area contributed by atoms with E-state index in [-0.39, 0.29) is 11.9 Å². The van der Waals surface area contributed by atoms with Crippen LogP contribution in [-0.4, -0.2) is 46.7 Å². The number of aromatic nitrogens is 2. The SMILES string of the molecule is O=C(Nc1ccc(CCNC[C@H](O)c2ccccc2)cc1)[C@@H]1CCCN1c1ncccn1. The van der Waals surface area contributed by atoms with Crippen molar-refractivity contribution in [2.24, 2.45) is 0 Å². The summed E-state index contributed by atoms with van der Waals surface area (Å²) in [6.07, 6.45) is 5.48. The van der Waals surface area contributed by atoms with Gasteiger partial charge in [-0.2, -0.15) is 0 Å². The number of rotatable bonds is 9. The molecule has 1 aromatic heterocycles. The first-order valence-electron chi connectivity index (χ1n) is 11.1. The van der Waals surface area contributed by atoms with Crippen LogP contribution in [0, 0.1) is 0 Å². The van der Waals surface area contributed by atoms with Gasteiger partial charge in [-0.1, -0.05) is 42.5 Å². The average molecular weight is 432 g/mol. The lowest BCUT2D eigenvalue weighted by atomic mass is 10.1. The highest BCUT2D eigenvalue weighted by molar-refractivity contribution is 5.97. The topological polar surface area (TPSA) is 90.4 Å². The van der Waals surface area contributed by atoms with Crippen molar-refractivity contribution in [3.8, 4) is 0 Å². The molecule has 7 heteroatoms. The van der Waals surface area contributed by atoms with Gasteiger partial charge in [0.15, 0.2) is 0 Å². The Labute approximate surface area is 188 Å². The summed E-state index contributed by atoms with van der Waals surface area (Å²) in [4.78, 5) is 23.4. The fourth-order valence-electron chi connectivity index (χ4n) is 3.96. The van der Waals surface area contributed by atoms with Crippen molar-refractivity contribution in [1.29, 1.82) is 0 Å². The Bertz CT molecular complexity index is 982. The molecule has 1 aliphatic rings. The summed E-state index contributed by atoms with van der Waals surface area (Å²) >= 11 is 0. The van der Waals surface area contributed by atoms with Gasteiger partial charge < -0.3 is 20.6 Å². The molecular weight excluding hydrogens is 402 g/mol. The first-order valence-corrected chi connectivity index (χ1v) is 11.1. The number of benzene rings is 2. The van der Waals surface area contributed by atoms with E-state index < -0.39 is 6.10 Å². The molecule has 7 nitrogen and oxygen atoms in total. The number of hydrogen-bond acceptors (Lipinski definition) is 6. The third-order valence-corrected chi connectivity index (χ3v) is 5.70. The predicted molar refractivity (Wildman–Crippen MR) is 125 cm³/mol. The number of aliphatic hydroxyl groups is 1. The molecule has 0 spiro atoms. The van der Waals surface area contributed by atoms with E-state index in [4.69, 9.17) is 0 Å². The van der Waals surface area contributed by atoms with Crippen LogP contribution in [0.15, 0.2) is 73.1 Å². The highest BCUT2D eigenvalue weighted by Crippen LogP contribution is 2.23. The van der Waals surface area contributed by atoms with Gasteiger partial charge in [-0.05, 0) is 55.1 Å². The van der Waals surface area contributed by atoms with Crippen molar-refractivity contribution in [2.45, 2.75) is 31.4 Å². The molecule has 2 atom stereocenters. The number of hydrogen-bond donors (Lipinski definition) is 3. The van der Waals surface area contributed by atoms with E-state index >= 15 is 0 Å². The molecule has 166 valence electrons. The number of carbonyl (C=O) groups is 1. The van der Waals surface area contributed by atoms with Gasteiger partial charge in [-0.25, -0.2) is 9.97 Å². The molecule has 1 amide bonds. The minimum atomic E-state index is -0.509. The lowest BCUT2D eigenvalue weighted by Crippen LogP contribution is -2.40. The van der Waals surface area contributed by atoms with Gasteiger partial charge in [0, 0.05) is 31.2 Å². The van der Waals surface area contributed by atoms with E-state index in [2.05, 4.69) is 20.6 Å². The normalized spacial score (nSPS) is 16.7. The van der Waals surface area contributed by atoms with Crippen molar-refractivity contribution in [3.05, 3.63) is 84.2 Å². The summed E-state index contributed by atoms with van der Waals surface area (Å²) < 4.78 is 0. The van der Waals surface area contributed by atoms with Crippen LogP contribution in [0.4, 0.5) is 11.6 Å². The monoisotopic (exact) mass is 431 g/mol. The third kappa shape index (κ3) is 5.69. The summed E-state index contributed by atoms with van der Waals surface area (Å²) in [7, 11) is 0. The zero-order valence-corrected chi connectivity index (χ0v) is 18.0. The van der Waals surface area contributed by atoms with Crippen LogP contribution in [0.3, 0.4) is 0 Å². The molecule has 0 aliphatic carbocycles. The predicted octanol–water partition coefficient (Wildman–Crippen LogP) is 2.95. The van der Waals surface area contributed by atoms with Crippen LogP contribution in [0.5, 0.6) is 0 Å². The molecule has 2 heterocycles. The number of nitrogens with one attached hydrogen (secondary N) is 2. The Hall–Kier alpha value is -3.29. The lowest BCUT2D eigenvalue weighted by Gasteiger charge is -2.23. The molecule has 1 saturated heterocycles. The third-order valence-electron chi connectivity index (χ3n) is 5.70. The number of aliphatic hydroxyl groups excluding tert-OH is 1. The average Bonchev–Trinajstić information content (AvgIpc) is 3.34. The van der Waals surface area contributed by atoms with Crippen molar-refractivity contribution in [1.82, 2.24) is 15.3 Å². The van der Waals surface area contributed by atoms with Crippen LogP contribution >= 0.6 is 0 Å². The fraction of sp³-hybridized carbons (Fsp3) is 0.320. The maximum absolute atomic E-state index is 12.8. The van der Waals surface area contributed by atoms with Crippen molar-refractivity contribution in [3.63, 3.8) is 0 Å². The molecule has 0 bridgehead atoms. The Balaban J connectivity index is 1.23. The summed E-state index contributed by atoms with van der Waals surface area (Å²) in [5, 5.41) is 16.5. The summed E-state index contributed by atoms with van der Waals surface area (Å²) in [5.74, 6) is 0.574. The van der Waals surface area contributed by atoms with Gasteiger partial charge >= 0.3 is 0 Å². The first-order chi connectivity index (χ1) is 15.7. The van der Waals surface area contributed by atoms with Crippen LogP contribution in [0.2, 0.25) is 0 Å². The molecule has 3 N–H and O–H groups in total. The molecule has 0 saturated carbocycles. The highest BCUT2D eigenvalue weighted by atomic mass is 16.3. The number of carbonyl (C=O) groups excluding carboxylic acids is 1. The summed E-state index contributed by atoms with van der Waals surface area (Å²) in [6.45, 7) is 2.07. The van der Waals surface area contributed by atoms with Crippen LogP contribution in [0.1, 0.15) is 30.1 Å². The lowest BCUT2D eigenvalue weighted by molar-refractivity contribution is -0.117. The zero-order valence-electron chi connectivity index (χ0n) is 18.0. The van der Waals surface area contributed by atoms with Crippen molar-refractivity contribution >= 4 is 17.5 Å². The van der Waals surface area contributed by atoms with Crippen molar-refractivity contribution < 1.29 is 9.90 Å². The smallest absolute Gasteiger partial charge is 0.247 e. The van der Waals surface area contributed by atoms with Crippen LogP contribution < -0.4 is 15.5 Å². The van der Waals surface area contributed by atoms with E-state index in [9.17, 15) is 9.90 Å². The van der Waals surface area contributed by atoms with E-state index in [0.717, 1.165) is 43.6 Å². The fourth-order valence-corrected chi connectivity index (χ4v) is 3.96. The molecule has 0 radical (unpaired) electrons. The minimum absolute atomic E-state index is 0.0285. The van der Waals surface area contributed by atoms with Gasteiger partial charge in [-0.3, -0.25) is 4.79 Å². The van der Waals surface area contributed by atoms with Gasteiger partial charge in [0.25, 0.3) is 0 Å². The molecule has 1 fully saturated rings. The van der Waals surface area contributed by atoms with E-state index in [0.29, 0.717) is 12.5 Å². The van der Waals surface area contributed by atoms with E-state index in [1.165, 1.54) is 5.56 Å². The first kappa shape index (κ1) is 21.9. The number of amides is 1. The maximum atomic E-state index is 12.8. The molecular formula is C25H29N5O2. The molecule has 32 heavy (non-hydrogen) atoms. The van der Waals surface area contributed by atoms with E-state index in [1.54, 1.807) is 18.5 Å². The van der Waals surface area contributed by atoms with Crippen LogP contribution in [0.25, 0.3) is 0 Å². The Morgan fingerprint density at radius 3 is 2.56 bits per heavy atom. The number of nitrogens with zero attached hydrogens (tertiary/aromatic N) is 3. The Morgan fingerprint density at radius 1 is 1.06 bits per heavy atom. The largest absolute Gasteiger partial charge is 0.387 e. The zero-order chi connectivity index (χ0) is 22.2. The number of anilines is 2. The summed E-state index contributed by atoms with van der Waals surface area (Å²) in [5.41, 5.74) is 2.87. The van der Waals surface area contributed by atoms with Gasteiger partial charge in [0.2, 0.25) is 11.9 Å². The molecule has 4 rings (SSSR count). The minimum Gasteiger partial charge on any atom is -0.387 e. The standard InChI is InChI=1S/C25H29N5O2/c31-23(20-6-2-1-3-7-20)18-26-16-13-19-9-11-21(12-10-19)29-24(32)22-8-4-17-30(22)25-27-14-5-15-28-25/h1-3,5-7,9-12,14-15,22-23,26,31H,4,8,13,16-18H2,(H,29,32)/t22-,23-/m0/s1. The molecule has 3 aromatic rings. The maximum Gasteiger partial charge on any atom is 0.247 e. The second kappa shape index (κ2) is 10.8. The van der Waals surface area contributed by atoms with Gasteiger partial charge in [0.1, 0.15) is 6.04 Å². The van der Waals surface area contributed by atoms with E-state index in [1.807, 2.05) is 59.5 Å². The van der Waals surface area contributed by atoms with Gasteiger partial charge in [0.05, 0.1) is 6.10 Å². The van der Waals surface area contributed by atoms with Gasteiger partial charge in [-0.15, -0.1) is 0 Å². The highest BCUT2D eigenvalue weighted by Gasteiger charge is 2.32. The summed E-state index contributed by atoms with van der Waals surface area (Å²) in [6, 6.07) is 19.1. The quantitative estimate of drug-likeness (QED) is 0.452. The van der Waals surface area contributed by atoms with Crippen LogP contribution in [-0.2, 0) is 11.2 Å². The Kier molecular flexibility index (Phi) is 7.42. The second-order valence-corrected chi connectivity index (χ2v) is 7.97. The molecule has 1 aliphatic heterocycles. The van der Waals surface area contributed by atoms with Crippen molar-refractivity contribution in [2.75, 3.05) is 29.9 Å². The molecule has 0 unspecified atom stereocenters. The second-order valence-electron chi connectivity index (χ2n) is 7.97. The molecule has 2 aromatic carbocycles.